The molecule has 0 unspecified atom stereocenters. The van der Waals surface area contributed by atoms with Crippen LogP contribution in [0.5, 0.6) is 0 Å². The quantitative estimate of drug-likeness (QED) is 0.545. The molecule has 2 rings (SSSR count). The maximum absolute atomic E-state index is 4.65. The number of hydrogen-bond acceptors (Lipinski definition) is 2. The maximum Gasteiger partial charge on any atom is 0.191 e. The van der Waals surface area contributed by atoms with Gasteiger partial charge >= 0.3 is 0 Å². The van der Waals surface area contributed by atoms with Gasteiger partial charge in [-0.1, -0.05) is 19.3 Å². The molecule has 2 N–H and O–H groups in total. The summed E-state index contributed by atoms with van der Waals surface area (Å²) in [6.07, 6.45) is 8.27. The van der Waals surface area contributed by atoms with Gasteiger partial charge in [0.15, 0.2) is 5.96 Å². The smallest absolute Gasteiger partial charge is 0.191 e. The van der Waals surface area contributed by atoms with Crippen LogP contribution in [0.2, 0.25) is 0 Å². The molecule has 1 aliphatic carbocycles. The molecule has 1 aliphatic heterocycles. The van der Waals surface area contributed by atoms with Crippen molar-refractivity contribution in [1.82, 2.24) is 15.5 Å². The second kappa shape index (κ2) is 8.41. The highest BCUT2D eigenvalue weighted by Gasteiger charge is 2.20. The summed E-state index contributed by atoms with van der Waals surface area (Å²) in [6, 6.07) is 0. The maximum atomic E-state index is 4.65. The minimum atomic E-state index is 0.943. The number of aliphatic imine (C=N–C) groups is 1. The van der Waals surface area contributed by atoms with Crippen molar-refractivity contribution in [3.8, 4) is 0 Å². The van der Waals surface area contributed by atoms with Crippen LogP contribution in [0.1, 0.15) is 45.4 Å². The van der Waals surface area contributed by atoms with Gasteiger partial charge in [-0.05, 0) is 45.2 Å². The summed E-state index contributed by atoms with van der Waals surface area (Å²) in [5, 5.41) is 6.79. The minimum absolute atomic E-state index is 0.943. The Labute approximate surface area is 118 Å². The van der Waals surface area contributed by atoms with Gasteiger partial charge in [-0.2, -0.15) is 0 Å². The summed E-state index contributed by atoms with van der Waals surface area (Å²) in [5.74, 6) is 1.97. The molecule has 1 saturated carbocycles. The molecule has 0 aromatic rings. The first-order chi connectivity index (χ1) is 9.38. The molecular formula is C15H30N4. The molecular weight excluding hydrogens is 236 g/mol. The Balaban J connectivity index is 1.60. The number of rotatable bonds is 7. The van der Waals surface area contributed by atoms with E-state index in [9.17, 15) is 0 Å². The molecule has 1 saturated heterocycles. The summed E-state index contributed by atoms with van der Waals surface area (Å²) >= 11 is 0. The second-order valence-electron chi connectivity index (χ2n) is 5.82. The number of hydrogen-bond donors (Lipinski definition) is 2. The summed E-state index contributed by atoms with van der Waals surface area (Å²) in [4.78, 5) is 7.21. The van der Waals surface area contributed by atoms with Gasteiger partial charge in [-0.25, -0.2) is 0 Å². The van der Waals surface area contributed by atoms with Crippen LogP contribution in [0.25, 0.3) is 0 Å². The van der Waals surface area contributed by atoms with E-state index in [-0.39, 0.29) is 0 Å². The largest absolute Gasteiger partial charge is 0.357 e. The Morgan fingerprint density at radius 1 is 1.16 bits per heavy atom. The van der Waals surface area contributed by atoms with Gasteiger partial charge in [0.1, 0.15) is 0 Å². The summed E-state index contributed by atoms with van der Waals surface area (Å²) in [7, 11) is 0. The monoisotopic (exact) mass is 266 g/mol. The fraction of sp³-hybridized carbons (Fsp3) is 0.933. The lowest BCUT2D eigenvalue weighted by Gasteiger charge is -2.26. The van der Waals surface area contributed by atoms with Gasteiger partial charge in [0.05, 0.1) is 0 Å². The van der Waals surface area contributed by atoms with Gasteiger partial charge in [0.25, 0.3) is 0 Å². The summed E-state index contributed by atoms with van der Waals surface area (Å²) in [5.41, 5.74) is 0. The van der Waals surface area contributed by atoms with Crippen LogP contribution >= 0.6 is 0 Å². The predicted octanol–water partition coefficient (Wildman–Crippen LogP) is 1.83. The van der Waals surface area contributed by atoms with Crippen molar-refractivity contribution in [2.24, 2.45) is 10.9 Å². The lowest BCUT2D eigenvalue weighted by Crippen LogP contribution is -2.42. The van der Waals surface area contributed by atoms with Crippen molar-refractivity contribution >= 4 is 5.96 Å². The van der Waals surface area contributed by atoms with Crippen molar-refractivity contribution in [2.75, 3.05) is 39.3 Å². The van der Waals surface area contributed by atoms with Crippen LogP contribution in [0, 0.1) is 5.92 Å². The topological polar surface area (TPSA) is 39.7 Å². The van der Waals surface area contributed by atoms with Crippen LogP contribution in [0.4, 0.5) is 0 Å². The SMILES string of the molecule is CCNC(=NCCC1CC1)NCCN1CCCCC1. The number of nitrogens with one attached hydrogen (secondary N) is 2. The van der Waals surface area contributed by atoms with Gasteiger partial charge in [-0.3, -0.25) is 4.99 Å². The van der Waals surface area contributed by atoms with Gasteiger partial charge in [0, 0.05) is 26.2 Å². The minimum Gasteiger partial charge on any atom is -0.357 e. The number of likely N-dealkylation sites (tertiary alicyclic amines) is 1. The van der Waals surface area contributed by atoms with E-state index in [1.165, 1.54) is 51.6 Å². The zero-order valence-corrected chi connectivity index (χ0v) is 12.5. The zero-order chi connectivity index (χ0) is 13.3. The molecule has 0 atom stereocenters. The molecule has 2 fully saturated rings. The summed E-state index contributed by atoms with van der Waals surface area (Å²) < 4.78 is 0. The van der Waals surface area contributed by atoms with Crippen LogP contribution in [-0.4, -0.2) is 50.1 Å². The van der Waals surface area contributed by atoms with Crippen LogP contribution in [-0.2, 0) is 0 Å². The molecule has 4 heteroatoms. The Hall–Kier alpha value is -0.770. The van der Waals surface area contributed by atoms with E-state index >= 15 is 0 Å². The highest BCUT2D eigenvalue weighted by atomic mass is 15.2. The van der Waals surface area contributed by atoms with Crippen molar-refractivity contribution < 1.29 is 0 Å². The first kappa shape index (κ1) is 14.6. The standard InChI is InChI=1S/C15H30N4/c1-2-16-15(17-9-8-14-6-7-14)18-10-13-19-11-4-3-5-12-19/h14H,2-13H2,1H3,(H2,16,17,18). The first-order valence-electron chi connectivity index (χ1n) is 8.13. The average Bonchev–Trinajstić information content (AvgIpc) is 3.24. The third kappa shape index (κ3) is 6.28. The van der Waals surface area contributed by atoms with Gasteiger partial charge < -0.3 is 15.5 Å². The van der Waals surface area contributed by atoms with E-state index in [4.69, 9.17) is 0 Å². The van der Waals surface area contributed by atoms with Crippen molar-refractivity contribution in [3.63, 3.8) is 0 Å². The van der Waals surface area contributed by atoms with Crippen LogP contribution in [0.3, 0.4) is 0 Å². The van der Waals surface area contributed by atoms with E-state index < -0.39 is 0 Å². The Morgan fingerprint density at radius 2 is 1.95 bits per heavy atom. The third-order valence-corrected chi connectivity index (χ3v) is 4.02. The van der Waals surface area contributed by atoms with Gasteiger partial charge in [-0.15, -0.1) is 0 Å². The number of nitrogens with zero attached hydrogens (tertiary/aromatic N) is 2. The van der Waals surface area contributed by atoms with Crippen LogP contribution in [0.15, 0.2) is 4.99 Å². The van der Waals surface area contributed by atoms with E-state index in [0.29, 0.717) is 0 Å². The fourth-order valence-electron chi connectivity index (χ4n) is 2.62. The zero-order valence-electron chi connectivity index (χ0n) is 12.5. The Morgan fingerprint density at radius 3 is 2.63 bits per heavy atom. The van der Waals surface area contributed by atoms with E-state index in [0.717, 1.165) is 38.1 Å². The van der Waals surface area contributed by atoms with Crippen molar-refractivity contribution in [3.05, 3.63) is 0 Å². The molecule has 0 bridgehead atoms. The molecule has 4 nitrogen and oxygen atoms in total. The molecule has 0 radical (unpaired) electrons. The Bertz CT molecular complexity index is 267. The van der Waals surface area contributed by atoms with Crippen LogP contribution < -0.4 is 10.6 Å². The average molecular weight is 266 g/mol. The molecule has 19 heavy (non-hydrogen) atoms. The van der Waals surface area contributed by atoms with E-state index in [2.05, 4.69) is 27.4 Å². The second-order valence-corrected chi connectivity index (χ2v) is 5.82. The molecule has 2 aliphatic rings. The van der Waals surface area contributed by atoms with Crippen molar-refractivity contribution in [2.45, 2.75) is 45.4 Å². The lowest BCUT2D eigenvalue weighted by atomic mass is 10.1. The number of guanidine groups is 1. The molecule has 0 spiro atoms. The summed E-state index contributed by atoms with van der Waals surface area (Å²) in [6.45, 7) is 8.75. The number of piperidine rings is 1. The molecule has 0 amide bonds. The third-order valence-electron chi connectivity index (χ3n) is 4.02. The van der Waals surface area contributed by atoms with E-state index in [1.54, 1.807) is 0 Å². The molecule has 110 valence electrons. The first-order valence-corrected chi connectivity index (χ1v) is 8.13. The molecule has 0 aromatic carbocycles. The van der Waals surface area contributed by atoms with E-state index in [1.807, 2.05) is 0 Å². The molecule has 1 heterocycles. The molecule has 0 aromatic heterocycles. The Kier molecular flexibility index (Phi) is 6.48. The predicted molar refractivity (Wildman–Crippen MR) is 81.6 cm³/mol. The van der Waals surface area contributed by atoms with Crippen molar-refractivity contribution in [1.29, 1.82) is 0 Å². The highest BCUT2D eigenvalue weighted by molar-refractivity contribution is 5.79. The normalized spacial score (nSPS) is 21.4. The van der Waals surface area contributed by atoms with Gasteiger partial charge in [0.2, 0.25) is 0 Å². The fourth-order valence-corrected chi connectivity index (χ4v) is 2.62. The highest BCUT2D eigenvalue weighted by Crippen LogP contribution is 2.32. The lowest BCUT2D eigenvalue weighted by molar-refractivity contribution is 0.232.